The fraction of sp³-hybridized carbons (Fsp3) is 0.917. The molecule has 0 radical (unpaired) electrons. The third-order valence-electron chi connectivity index (χ3n) is 3.83. The highest BCUT2D eigenvalue weighted by Gasteiger charge is 2.33. The van der Waals surface area contributed by atoms with Crippen molar-refractivity contribution in [1.29, 1.82) is 0 Å². The van der Waals surface area contributed by atoms with E-state index < -0.39 is 5.97 Å². The molecule has 2 rings (SSSR count). The van der Waals surface area contributed by atoms with Gasteiger partial charge in [-0.1, -0.05) is 19.3 Å². The van der Waals surface area contributed by atoms with Crippen molar-refractivity contribution in [3.05, 3.63) is 0 Å². The molecule has 1 N–H and O–H groups in total. The molecule has 0 aromatic rings. The fourth-order valence-corrected chi connectivity index (χ4v) is 2.81. The standard InChI is InChI=1S/C12H20O3/c13-12(14)11(6-9-7-15-8-9)10-4-2-1-3-5-10/h9-11H,1-8H2,(H,13,14). The van der Waals surface area contributed by atoms with Gasteiger partial charge in [-0.25, -0.2) is 0 Å². The largest absolute Gasteiger partial charge is 0.481 e. The zero-order valence-electron chi connectivity index (χ0n) is 9.15. The van der Waals surface area contributed by atoms with Gasteiger partial charge in [-0.15, -0.1) is 0 Å². The molecule has 2 aliphatic rings. The second-order valence-electron chi connectivity index (χ2n) is 4.98. The van der Waals surface area contributed by atoms with Gasteiger partial charge in [0.15, 0.2) is 0 Å². The summed E-state index contributed by atoms with van der Waals surface area (Å²) >= 11 is 0. The lowest BCUT2D eigenvalue weighted by molar-refractivity contribution is -0.147. The second-order valence-corrected chi connectivity index (χ2v) is 4.98. The van der Waals surface area contributed by atoms with Crippen molar-refractivity contribution in [3.63, 3.8) is 0 Å². The Morgan fingerprint density at radius 1 is 1.27 bits per heavy atom. The molecule has 3 nitrogen and oxygen atoms in total. The first kappa shape index (κ1) is 10.9. The van der Waals surface area contributed by atoms with Crippen molar-refractivity contribution in [1.82, 2.24) is 0 Å². The Balaban J connectivity index is 1.88. The van der Waals surface area contributed by atoms with Gasteiger partial charge >= 0.3 is 5.97 Å². The van der Waals surface area contributed by atoms with E-state index in [1.165, 1.54) is 19.3 Å². The molecule has 1 atom stereocenters. The Morgan fingerprint density at radius 2 is 1.93 bits per heavy atom. The van der Waals surface area contributed by atoms with E-state index >= 15 is 0 Å². The molecule has 1 aliphatic heterocycles. The number of carboxylic acid groups (broad SMARTS) is 1. The number of ether oxygens (including phenoxy) is 1. The van der Waals surface area contributed by atoms with Crippen LogP contribution in [0.15, 0.2) is 0 Å². The summed E-state index contributed by atoms with van der Waals surface area (Å²) in [7, 11) is 0. The van der Waals surface area contributed by atoms with Gasteiger partial charge in [-0.3, -0.25) is 4.79 Å². The van der Waals surface area contributed by atoms with E-state index in [2.05, 4.69) is 0 Å². The molecule has 1 unspecified atom stereocenters. The first-order valence-corrected chi connectivity index (χ1v) is 6.08. The van der Waals surface area contributed by atoms with E-state index in [0.717, 1.165) is 32.5 Å². The maximum atomic E-state index is 11.2. The highest BCUT2D eigenvalue weighted by Crippen LogP contribution is 2.34. The lowest BCUT2D eigenvalue weighted by Gasteiger charge is -2.33. The fourth-order valence-electron chi connectivity index (χ4n) is 2.81. The van der Waals surface area contributed by atoms with E-state index in [9.17, 15) is 9.90 Å². The van der Waals surface area contributed by atoms with Gasteiger partial charge in [0.25, 0.3) is 0 Å². The number of hydrogen-bond donors (Lipinski definition) is 1. The number of aliphatic carboxylic acids is 1. The van der Waals surface area contributed by atoms with Crippen LogP contribution in [0.3, 0.4) is 0 Å². The summed E-state index contributed by atoms with van der Waals surface area (Å²) in [5.74, 6) is 0.234. The van der Waals surface area contributed by atoms with E-state index in [1.54, 1.807) is 0 Å². The Hall–Kier alpha value is -0.570. The second kappa shape index (κ2) is 4.97. The number of rotatable bonds is 4. The minimum Gasteiger partial charge on any atom is -0.481 e. The molecule has 1 saturated heterocycles. The molecule has 1 saturated carbocycles. The van der Waals surface area contributed by atoms with E-state index in [0.29, 0.717) is 11.8 Å². The van der Waals surface area contributed by atoms with Gasteiger partial charge in [0.1, 0.15) is 0 Å². The third-order valence-corrected chi connectivity index (χ3v) is 3.83. The minimum absolute atomic E-state index is 0.112. The molecule has 0 aromatic heterocycles. The molecule has 3 heteroatoms. The van der Waals surface area contributed by atoms with Crippen LogP contribution in [0.5, 0.6) is 0 Å². The van der Waals surface area contributed by atoms with Crippen LogP contribution < -0.4 is 0 Å². The molecule has 15 heavy (non-hydrogen) atoms. The maximum absolute atomic E-state index is 11.2. The quantitative estimate of drug-likeness (QED) is 0.777. The highest BCUT2D eigenvalue weighted by atomic mass is 16.5. The van der Waals surface area contributed by atoms with E-state index in [1.807, 2.05) is 0 Å². The van der Waals surface area contributed by atoms with Crippen molar-refractivity contribution in [3.8, 4) is 0 Å². The summed E-state index contributed by atoms with van der Waals surface area (Å²) in [5, 5.41) is 9.25. The predicted octanol–water partition coefficient (Wildman–Crippen LogP) is 2.30. The molecule has 0 spiro atoms. The van der Waals surface area contributed by atoms with Crippen LogP contribution in [0.1, 0.15) is 38.5 Å². The highest BCUT2D eigenvalue weighted by molar-refractivity contribution is 5.70. The van der Waals surface area contributed by atoms with Crippen LogP contribution in [0.25, 0.3) is 0 Å². The van der Waals surface area contributed by atoms with Crippen molar-refractivity contribution in [2.45, 2.75) is 38.5 Å². The van der Waals surface area contributed by atoms with Crippen LogP contribution in [0.4, 0.5) is 0 Å². The number of carbonyl (C=O) groups is 1. The molecule has 2 fully saturated rings. The Labute approximate surface area is 90.8 Å². The van der Waals surface area contributed by atoms with Crippen LogP contribution in [0, 0.1) is 17.8 Å². The predicted molar refractivity (Wildman–Crippen MR) is 56.6 cm³/mol. The van der Waals surface area contributed by atoms with Crippen molar-refractivity contribution in [2.75, 3.05) is 13.2 Å². The molecular formula is C12H20O3. The van der Waals surface area contributed by atoms with Crippen LogP contribution in [-0.2, 0) is 9.53 Å². The third kappa shape index (κ3) is 2.71. The molecule has 0 bridgehead atoms. The normalized spacial score (nSPS) is 25.9. The molecule has 86 valence electrons. The molecular weight excluding hydrogens is 192 g/mol. The molecule has 0 aromatic carbocycles. The molecule has 0 amide bonds. The smallest absolute Gasteiger partial charge is 0.306 e. The van der Waals surface area contributed by atoms with Crippen LogP contribution in [0.2, 0.25) is 0 Å². The van der Waals surface area contributed by atoms with E-state index in [-0.39, 0.29) is 5.92 Å². The van der Waals surface area contributed by atoms with Crippen LogP contribution in [-0.4, -0.2) is 24.3 Å². The summed E-state index contributed by atoms with van der Waals surface area (Å²) < 4.78 is 5.11. The van der Waals surface area contributed by atoms with Crippen molar-refractivity contribution < 1.29 is 14.6 Å². The summed E-state index contributed by atoms with van der Waals surface area (Å²) in [6.45, 7) is 1.55. The maximum Gasteiger partial charge on any atom is 0.306 e. The Bertz CT molecular complexity index is 217. The van der Waals surface area contributed by atoms with Crippen molar-refractivity contribution in [2.24, 2.45) is 17.8 Å². The summed E-state index contributed by atoms with van der Waals surface area (Å²) in [6, 6.07) is 0. The minimum atomic E-state index is -0.589. The van der Waals surface area contributed by atoms with Gasteiger partial charge in [-0.2, -0.15) is 0 Å². The zero-order valence-corrected chi connectivity index (χ0v) is 9.15. The van der Waals surface area contributed by atoms with Crippen molar-refractivity contribution >= 4 is 5.97 Å². The average Bonchev–Trinajstić information content (AvgIpc) is 2.17. The van der Waals surface area contributed by atoms with Gasteiger partial charge in [0.05, 0.1) is 19.1 Å². The first-order valence-electron chi connectivity index (χ1n) is 6.08. The summed E-state index contributed by atoms with van der Waals surface area (Å²) in [4.78, 5) is 11.2. The van der Waals surface area contributed by atoms with Gasteiger partial charge in [-0.05, 0) is 25.2 Å². The van der Waals surface area contributed by atoms with Gasteiger partial charge in [0, 0.05) is 5.92 Å². The van der Waals surface area contributed by atoms with Gasteiger partial charge < -0.3 is 9.84 Å². The molecule has 1 heterocycles. The monoisotopic (exact) mass is 212 g/mol. The van der Waals surface area contributed by atoms with E-state index in [4.69, 9.17) is 4.74 Å². The zero-order chi connectivity index (χ0) is 10.7. The number of hydrogen-bond acceptors (Lipinski definition) is 2. The first-order chi connectivity index (χ1) is 7.27. The SMILES string of the molecule is O=C(O)C(CC1COC1)C1CCCCC1. The average molecular weight is 212 g/mol. The van der Waals surface area contributed by atoms with Gasteiger partial charge in [0.2, 0.25) is 0 Å². The Morgan fingerprint density at radius 3 is 2.40 bits per heavy atom. The summed E-state index contributed by atoms with van der Waals surface area (Å²) in [6.07, 6.45) is 6.79. The lowest BCUT2D eigenvalue weighted by atomic mass is 9.76. The molecule has 1 aliphatic carbocycles. The van der Waals surface area contributed by atoms with Crippen LogP contribution >= 0.6 is 0 Å². The topological polar surface area (TPSA) is 46.5 Å². The number of carboxylic acids is 1. The Kier molecular flexibility index (Phi) is 3.62. The lowest BCUT2D eigenvalue weighted by Crippen LogP contribution is -2.35. The summed E-state index contributed by atoms with van der Waals surface area (Å²) in [5.41, 5.74) is 0.